The fourth-order valence-corrected chi connectivity index (χ4v) is 3.72. The van der Waals surface area contributed by atoms with E-state index >= 15 is 0 Å². The van der Waals surface area contributed by atoms with Gasteiger partial charge in [-0.25, -0.2) is 4.98 Å². The molecular formula is C18H13N3O2S. The van der Waals surface area contributed by atoms with Crippen molar-refractivity contribution in [3.63, 3.8) is 0 Å². The van der Waals surface area contributed by atoms with E-state index in [0.29, 0.717) is 10.2 Å². The second kappa shape index (κ2) is 5.58. The van der Waals surface area contributed by atoms with Crippen LogP contribution in [0.3, 0.4) is 0 Å². The summed E-state index contributed by atoms with van der Waals surface area (Å²) in [6.07, 6.45) is 1.37. The summed E-state index contributed by atoms with van der Waals surface area (Å²) in [5.41, 5.74) is 6.74. The quantitative estimate of drug-likeness (QED) is 0.625. The predicted molar refractivity (Wildman–Crippen MR) is 96.0 cm³/mol. The molecule has 1 amide bonds. The number of thiophene rings is 1. The van der Waals surface area contributed by atoms with Gasteiger partial charge in [-0.2, -0.15) is 0 Å². The molecule has 0 bridgehead atoms. The Kier molecular flexibility index (Phi) is 3.39. The average Bonchev–Trinajstić information content (AvgIpc) is 3.01. The first-order chi connectivity index (χ1) is 11.6. The molecule has 0 atom stereocenters. The first kappa shape index (κ1) is 14.6. The van der Waals surface area contributed by atoms with Crippen LogP contribution in [0.1, 0.15) is 0 Å². The van der Waals surface area contributed by atoms with E-state index < -0.39 is 5.91 Å². The van der Waals surface area contributed by atoms with Crippen LogP contribution in [0.4, 0.5) is 0 Å². The maximum atomic E-state index is 12.7. The lowest BCUT2D eigenvalue weighted by atomic mass is 10.0. The van der Waals surface area contributed by atoms with Crippen molar-refractivity contribution in [2.45, 2.75) is 6.54 Å². The monoisotopic (exact) mass is 335 g/mol. The Morgan fingerprint density at radius 3 is 2.75 bits per heavy atom. The molecule has 0 saturated carbocycles. The van der Waals surface area contributed by atoms with Gasteiger partial charge >= 0.3 is 0 Å². The highest BCUT2D eigenvalue weighted by Gasteiger charge is 2.14. The van der Waals surface area contributed by atoms with Gasteiger partial charge in [-0.05, 0) is 22.4 Å². The largest absolute Gasteiger partial charge is 0.368 e. The predicted octanol–water partition coefficient (Wildman–Crippen LogP) is 2.76. The van der Waals surface area contributed by atoms with Gasteiger partial charge in [-0.3, -0.25) is 14.2 Å². The number of hydrogen-bond donors (Lipinski definition) is 1. The molecule has 0 spiro atoms. The lowest BCUT2D eigenvalue weighted by Crippen LogP contribution is -2.28. The maximum Gasteiger partial charge on any atom is 0.263 e. The summed E-state index contributed by atoms with van der Waals surface area (Å²) < 4.78 is 1.25. The van der Waals surface area contributed by atoms with Crippen LogP contribution in [0.2, 0.25) is 0 Å². The topological polar surface area (TPSA) is 78.0 Å². The third-order valence-electron chi connectivity index (χ3n) is 3.95. The smallest absolute Gasteiger partial charge is 0.263 e. The van der Waals surface area contributed by atoms with E-state index in [-0.39, 0.29) is 12.1 Å². The number of carbonyl (C=O) groups excluding carboxylic acids is 1. The van der Waals surface area contributed by atoms with Crippen LogP contribution in [-0.4, -0.2) is 15.5 Å². The normalized spacial score (nSPS) is 11.2. The Morgan fingerprint density at radius 1 is 1.17 bits per heavy atom. The first-order valence-electron chi connectivity index (χ1n) is 7.37. The van der Waals surface area contributed by atoms with Gasteiger partial charge in [-0.1, -0.05) is 36.4 Å². The molecule has 118 valence electrons. The van der Waals surface area contributed by atoms with Crippen LogP contribution in [0.15, 0.2) is 59.0 Å². The molecule has 0 unspecified atom stereocenters. The molecule has 2 aromatic heterocycles. The molecule has 0 aliphatic rings. The van der Waals surface area contributed by atoms with Crippen molar-refractivity contribution in [3.05, 3.63) is 64.5 Å². The van der Waals surface area contributed by atoms with Crippen molar-refractivity contribution < 1.29 is 4.79 Å². The molecule has 2 heterocycles. The summed E-state index contributed by atoms with van der Waals surface area (Å²) in [5.74, 6) is -0.569. The molecule has 4 aromatic rings. The van der Waals surface area contributed by atoms with Crippen LogP contribution in [-0.2, 0) is 11.3 Å². The second-order valence-corrected chi connectivity index (χ2v) is 6.39. The summed E-state index contributed by atoms with van der Waals surface area (Å²) >= 11 is 1.42. The van der Waals surface area contributed by atoms with E-state index in [0.717, 1.165) is 21.9 Å². The minimum Gasteiger partial charge on any atom is -0.368 e. The number of hydrogen-bond acceptors (Lipinski definition) is 4. The number of aromatic nitrogens is 2. The molecule has 0 aliphatic heterocycles. The molecule has 2 aromatic carbocycles. The van der Waals surface area contributed by atoms with Crippen molar-refractivity contribution >= 4 is 38.2 Å². The van der Waals surface area contributed by atoms with Crippen LogP contribution in [0.25, 0.3) is 32.1 Å². The van der Waals surface area contributed by atoms with E-state index in [4.69, 9.17) is 5.73 Å². The summed E-state index contributed by atoms with van der Waals surface area (Å²) in [6.45, 7) is -0.172. The van der Waals surface area contributed by atoms with E-state index in [1.165, 1.54) is 22.2 Å². The molecule has 0 aliphatic carbocycles. The third-order valence-corrected chi connectivity index (χ3v) is 4.83. The molecular weight excluding hydrogens is 322 g/mol. The van der Waals surface area contributed by atoms with Gasteiger partial charge in [0.2, 0.25) is 5.91 Å². The van der Waals surface area contributed by atoms with E-state index in [1.54, 1.807) is 0 Å². The minimum atomic E-state index is -0.569. The fourth-order valence-electron chi connectivity index (χ4n) is 2.82. The highest BCUT2D eigenvalue weighted by atomic mass is 32.1. The Balaban J connectivity index is 1.95. The number of nitrogens with zero attached hydrogens (tertiary/aromatic N) is 2. The Bertz CT molecular complexity index is 1140. The van der Waals surface area contributed by atoms with Crippen LogP contribution in [0, 0.1) is 0 Å². The van der Waals surface area contributed by atoms with Crippen molar-refractivity contribution in [2.24, 2.45) is 5.73 Å². The number of carbonyl (C=O) groups is 1. The average molecular weight is 335 g/mol. The van der Waals surface area contributed by atoms with Crippen LogP contribution < -0.4 is 11.3 Å². The second-order valence-electron chi connectivity index (χ2n) is 5.54. The van der Waals surface area contributed by atoms with E-state index in [2.05, 4.69) is 11.1 Å². The number of primary amides is 1. The summed E-state index contributed by atoms with van der Waals surface area (Å²) in [7, 11) is 0. The van der Waals surface area contributed by atoms with Gasteiger partial charge in [0.15, 0.2) is 0 Å². The zero-order valence-corrected chi connectivity index (χ0v) is 13.4. The minimum absolute atomic E-state index is 0.172. The van der Waals surface area contributed by atoms with Gasteiger partial charge in [0.25, 0.3) is 5.56 Å². The Labute approximate surface area is 141 Å². The number of amides is 1. The van der Waals surface area contributed by atoms with Crippen molar-refractivity contribution in [2.75, 3.05) is 0 Å². The van der Waals surface area contributed by atoms with Gasteiger partial charge < -0.3 is 5.73 Å². The molecule has 0 saturated heterocycles. The number of fused-ring (bicyclic) bond motifs is 2. The maximum absolute atomic E-state index is 12.7. The highest BCUT2D eigenvalue weighted by Crippen LogP contribution is 2.32. The molecule has 0 fully saturated rings. The van der Waals surface area contributed by atoms with Crippen molar-refractivity contribution in [3.8, 4) is 11.1 Å². The first-order valence-corrected chi connectivity index (χ1v) is 8.25. The fraction of sp³-hybridized carbons (Fsp3) is 0.0556. The zero-order valence-electron chi connectivity index (χ0n) is 12.6. The SMILES string of the molecule is NC(=O)Cn1cnc2scc(-c3ccc4ccccc4c3)c2c1=O. The molecule has 2 N–H and O–H groups in total. The number of rotatable bonds is 3. The lowest BCUT2D eigenvalue weighted by molar-refractivity contribution is -0.118. The number of benzene rings is 2. The standard InChI is InChI=1S/C18H13N3O2S/c19-15(22)8-21-10-20-17-16(18(21)23)14(9-24-17)13-6-5-11-3-1-2-4-12(11)7-13/h1-7,9-10H,8H2,(H2,19,22). The molecule has 0 radical (unpaired) electrons. The van der Waals surface area contributed by atoms with E-state index in [9.17, 15) is 9.59 Å². The zero-order chi connectivity index (χ0) is 16.7. The molecule has 6 heteroatoms. The Morgan fingerprint density at radius 2 is 1.96 bits per heavy atom. The van der Waals surface area contributed by atoms with Crippen LogP contribution >= 0.6 is 11.3 Å². The highest BCUT2D eigenvalue weighted by molar-refractivity contribution is 7.17. The summed E-state index contributed by atoms with van der Waals surface area (Å²) in [4.78, 5) is 28.8. The van der Waals surface area contributed by atoms with Crippen molar-refractivity contribution in [1.29, 1.82) is 0 Å². The third kappa shape index (κ3) is 2.37. The van der Waals surface area contributed by atoms with Gasteiger partial charge in [-0.15, -0.1) is 11.3 Å². The van der Waals surface area contributed by atoms with Gasteiger partial charge in [0, 0.05) is 10.9 Å². The van der Waals surface area contributed by atoms with Crippen molar-refractivity contribution in [1.82, 2.24) is 9.55 Å². The molecule has 5 nitrogen and oxygen atoms in total. The Hall–Kier alpha value is -2.99. The van der Waals surface area contributed by atoms with Crippen LogP contribution in [0.5, 0.6) is 0 Å². The van der Waals surface area contributed by atoms with Gasteiger partial charge in [0.1, 0.15) is 11.4 Å². The molecule has 4 rings (SSSR count). The lowest BCUT2D eigenvalue weighted by Gasteiger charge is -2.05. The summed E-state index contributed by atoms with van der Waals surface area (Å²) in [6, 6.07) is 14.2. The van der Waals surface area contributed by atoms with Gasteiger partial charge in [0.05, 0.1) is 11.7 Å². The summed E-state index contributed by atoms with van der Waals surface area (Å²) in [5, 5.41) is 4.71. The molecule has 24 heavy (non-hydrogen) atoms. The number of nitrogens with two attached hydrogens (primary N) is 1. The van der Waals surface area contributed by atoms with E-state index in [1.807, 2.05) is 41.8 Å².